The third-order valence-electron chi connectivity index (χ3n) is 6.29. The number of hydrogen-bond donors (Lipinski definition) is 1. The SMILES string of the molecule is CCNC(=NCCN1CCN(C(=O)C2CCC2)CC1)N1CCc2ccccc21.I. The lowest BCUT2D eigenvalue weighted by Gasteiger charge is -2.38. The van der Waals surface area contributed by atoms with Gasteiger partial charge in [0.05, 0.1) is 6.54 Å². The van der Waals surface area contributed by atoms with Crippen LogP contribution < -0.4 is 10.2 Å². The second kappa shape index (κ2) is 10.6. The summed E-state index contributed by atoms with van der Waals surface area (Å²) in [5.74, 6) is 1.71. The Balaban J connectivity index is 0.00000240. The number of fused-ring (bicyclic) bond motifs is 1. The molecule has 0 spiro atoms. The highest BCUT2D eigenvalue weighted by Crippen LogP contribution is 2.29. The smallest absolute Gasteiger partial charge is 0.225 e. The van der Waals surface area contributed by atoms with Crippen molar-refractivity contribution >= 4 is 41.5 Å². The van der Waals surface area contributed by atoms with Crippen molar-refractivity contribution in [1.82, 2.24) is 15.1 Å². The largest absolute Gasteiger partial charge is 0.356 e. The Bertz CT molecular complexity index is 713. The van der Waals surface area contributed by atoms with E-state index in [2.05, 4.69) is 51.2 Å². The van der Waals surface area contributed by atoms with Crippen molar-refractivity contribution in [1.29, 1.82) is 0 Å². The van der Waals surface area contributed by atoms with E-state index >= 15 is 0 Å². The molecule has 2 heterocycles. The van der Waals surface area contributed by atoms with Crippen LogP contribution in [0.5, 0.6) is 0 Å². The van der Waals surface area contributed by atoms with Crippen LogP contribution in [0.2, 0.25) is 0 Å². The number of hydrogen-bond acceptors (Lipinski definition) is 3. The van der Waals surface area contributed by atoms with Gasteiger partial charge in [-0.25, -0.2) is 0 Å². The van der Waals surface area contributed by atoms with E-state index in [0.717, 1.165) is 77.6 Å². The van der Waals surface area contributed by atoms with Crippen LogP contribution in [0.1, 0.15) is 31.7 Å². The van der Waals surface area contributed by atoms with Gasteiger partial charge < -0.3 is 15.1 Å². The van der Waals surface area contributed by atoms with E-state index in [0.29, 0.717) is 11.8 Å². The van der Waals surface area contributed by atoms with E-state index in [1.807, 2.05) is 0 Å². The van der Waals surface area contributed by atoms with Crippen LogP contribution in [-0.4, -0.2) is 74.0 Å². The van der Waals surface area contributed by atoms with Crippen molar-refractivity contribution in [2.24, 2.45) is 10.9 Å². The van der Waals surface area contributed by atoms with Gasteiger partial charge in [-0.3, -0.25) is 14.7 Å². The van der Waals surface area contributed by atoms with E-state index in [4.69, 9.17) is 4.99 Å². The summed E-state index contributed by atoms with van der Waals surface area (Å²) in [5.41, 5.74) is 2.69. The summed E-state index contributed by atoms with van der Waals surface area (Å²) in [5, 5.41) is 3.46. The Kier molecular flexibility index (Phi) is 8.17. The lowest BCUT2D eigenvalue weighted by Crippen LogP contribution is -2.51. The average molecular weight is 511 g/mol. The lowest BCUT2D eigenvalue weighted by atomic mass is 9.84. The van der Waals surface area contributed by atoms with Gasteiger partial charge >= 0.3 is 0 Å². The molecule has 2 fully saturated rings. The van der Waals surface area contributed by atoms with E-state index in [-0.39, 0.29) is 24.0 Å². The lowest BCUT2D eigenvalue weighted by molar-refractivity contribution is -0.139. The molecule has 1 aromatic rings. The zero-order valence-electron chi connectivity index (χ0n) is 17.5. The fraction of sp³-hybridized carbons (Fsp3) is 0.636. The van der Waals surface area contributed by atoms with Crippen LogP contribution in [0.25, 0.3) is 0 Å². The van der Waals surface area contributed by atoms with Gasteiger partial charge in [0.25, 0.3) is 0 Å². The highest BCUT2D eigenvalue weighted by atomic mass is 127. The third kappa shape index (κ3) is 5.23. The third-order valence-corrected chi connectivity index (χ3v) is 6.29. The normalized spacial score (nSPS) is 20.1. The van der Waals surface area contributed by atoms with Crippen LogP contribution in [0.4, 0.5) is 5.69 Å². The first-order valence-corrected chi connectivity index (χ1v) is 10.9. The zero-order chi connectivity index (χ0) is 19.3. The molecule has 1 amide bonds. The molecule has 0 unspecified atom stereocenters. The Hall–Kier alpha value is -1.35. The van der Waals surface area contributed by atoms with Crippen molar-refractivity contribution in [2.75, 3.05) is 57.3 Å². The molecule has 0 bridgehead atoms. The number of aliphatic imine (C=N–C) groups is 1. The van der Waals surface area contributed by atoms with Crippen molar-refractivity contribution in [3.05, 3.63) is 29.8 Å². The highest BCUT2D eigenvalue weighted by Gasteiger charge is 2.31. The molecule has 0 aromatic heterocycles. The first-order valence-electron chi connectivity index (χ1n) is 10.9. The fourth-order valence-electron chi connectivity index (χ4n) is 4.36. The summed E-state index contributed by atoms with van der Waals surface area (Å²) in [6.45, 7) is 9.42. The minimum absolute atomic E-state index is 0. The van der Waals surface area contributed by atoms with E-state index < -0.39 is 0 Å². The van der Waals surface area contributed by atoms with Crippen LogP contribution in [0.3, 0.4) is 0 Å². The molecule has 4 rings (SSSR count). The first-order chi connectivity index (χ1) is 13.8. The number of nitrogens with one attached hydrogen (secondary N) is 1. The molecule has 0 atom stereocenters. The number of rotatable bonds is 5. The van der Waals surface area contributed by atoms with Crippen molar-refractivity contribution in [2.45, 2.75) is 32.6 Å². The highest BCUT2D eigenvalue weighted by molar-refractivity contribution is 14.0. The van der Waals surface area contributed by atoms with Gasteiger partial charge in [0.2, 0.25) is 5.91 Å². The zero-order valence-corrected chi connectivity index (χ0v) is 19.8. The Morgan fingerprint density at radius 3 is 2.59 bits per heavy atom. The Labute approximate surface area is 191 Å². The molecule has 1 aromatic carbocycles. The number of amides is 1. The van der Waals surface area contributed by atoms with E-state index in [1.54, 1.807) is 0 Å². The van der Waals surface area contributed by atoms with Crippen molar-refractivity contribution < 1.29 is 4.79 Å². The number of piperazine rings is 1. The molecule has 2 aliphatic heterocycles. The van der Waals surface area contributed by atoms with Gasteiger partial charge in [-0.05, 0) is 37.8 Å². The van der Waals surface area contributed by atoms with Crippen LogP contribution in [0.15, 0.2) is 29.3 Å². The molecule has 1 saturated carbocycles. The molecule has 160 valence electrons. The Morgan fingerprint density at radius 1 is 1.14 bits per heavy atom. The summed E-state index contributed by atoms with van der Waals surface area (Å²) in [7, 11) is 0. The van der Waals surface area contributed by atoms with Gasteiger partial charge in [-0.1, -0.05) is 24.6 Å². The van der Waals surface area contributed by atoms with Gasteiger partial charge in [0.1, 0.15) is 0 Å². The maximum Gasteiger partial charge on any atom is 0.225 e. The molecule has 0 radical (unpaired) electrons. The van der Waals surface area contributed by atoms with Gasteiger partial charge in [0, 0.05) is 57.4 Å². The summed E-state index contributed by atoms with van der Waals surface area (Å²) < 4.78 is 0. The molecule has 1 N–H and O–H groups in total. The molecule has 6 nitrogen and oxygen atoms in total. The first kappa shape index (κ1) is 22.3. The van der Waals surface area contributed by atoms with Crippen LogP contribution >= 0.6 is 24.0 Å². The fourth-order valence-corrected chi connectivity index (χ4v) is 4.36. The monoisotopic (exact) mass is 511 g/mol. The molecular formula is C22H34IN5O. The van der Waals surface area contributed by atoms with Crippen molar-refractivity contribution in [3.63, 3.8) is 0 Å². The molecule has 3 aliphatic rings. The van der Waals surface area contributed by atoms with Crippen LogP contribution in [-0.2, 0) is 11.2 Å². The number of carbonyl (C=O) groups excluding carboxylic acids is 1. The Morgan fingerprint density at radius 2 is 1.90 bits per heavy atom. The summed E-state index contributed by atoms with van der Waals surface area (Å²) in [6.07, 6.45) is 4.50. The average Bonchev–Trinajstić information content (AvgIpc) is 3.10. The molecule has 1 aliphatic carbocycles. The number of para-hydroxylation sites is 1. The van der Waals surface area contributed by atoms with E-state index in [1.165, 1.54) is 17.7 Å². The number of halogens is 1. The predicted molar refractivity (Wildman–Crippen MR) is 129 cm³/mol. The van der Waals surface area contributed by atoms with Gasteiger partial charge in [0.15, 0.2) is 5.96 Å². The topological polar surface area (TPSA) is 51.2 Å². The summed E-state index contributed by atoms with van der Waals surface area (Å²) in [6, 6.07) is 8.61. The quantitative estimate of drug-likeness (QED) is 0.375. The summed E-state index contributed by atoms with van der Waals surface area (Å²) in [4.78, 5) is 24.1. The maximum atomic E-state index is 12.4. The minimum atomic E-state index is 0. The van der Waals surface area contributed by atoms with Gasteiger partial charge in [-0.15, -0.1) is 24.0 Å². The number of anilines is 1. The number of carbonyl (C=O) groups is 1. The van der Waals surface area contributed by atoms with Crippen molar-refractivity contribution in [3.8, 4) is 0 Å². The molecular weight excluding hydrogens is 477 g/mol. The molecule has 1 saturated heterocycles. The van der Waals surface area contributed by atoms with Gasteiger partial charge in [-0.2, -0.15) is 0 Å². The number of guanidine groups is 1. The predicted octanol–water partition coefficient (Wildman–Crippen LogP) is 2.58. The molecule has 7 heteroatoms. The molecule has 29 heavy (non-hydrogen) atoms. The van der Waals surface area contributed by atoms with E-state index in [9.17, 15) is 4.79 Å². The minimum Gasteiger partial charge on any atom is -0.356 e. The number of benzene rings is 1. The maximum absolute atomic E-state index is 12.4. The number of nitrogens with zero attached hydrogens (tertiary/aromatic N) is 4. The summed E-state index contributed by atoms with van der Waals surface area (Å²) >= 11 is 0. The standard InChI is InChI=1S/C22H33N5O.HI/c1-2-23-22(27-12-10-18-6-3-4-9-20(18)27)24-11-13-25-14-16-26(17-15-25)21(28)19-7-5-8-19;/h3-4,6,9,19H,2,5,7-8,10-17H2,1H3,(H,23,24);1H. The second-order valence-electron chi connectivity index (χ2n) is 8.06. The van der Waals surface area contributed by atoms with Crippen LogP contribution in [0, 0.1) is 5.92 Å². The second-order valence-corrected chi connectivity index (χ2v) is 8.06.